The maximum Gasteiger partial charge on any atom is 0.431 e. The zero-order valence-electron chi connectivity index (χ0n) is 28.4. The van der Waals surface area contributed by atoms with E-state index < -0.39 is 29.2 Å². The Hall–Kier alpha value is -5.59. The molecule has 0 unspecified atom stereocenters. The molecule has 2 N–H and O–H groups in total. The lowest BCUT2D eigenvalue weighted by atomic mass is 10.1. The van der Waals surface area contributed by atoms with Crippen LogP contribution in [0.4, 0.5) is 18.9 Å². The topological polar surface area (TPSA) is 180 Å². The number of aromatic nitrogens is 6. The molecule has 51 heavy (non-hydrogen) atoms. The second-order valence-corrected chi connectivity index (χ2v) is 11.8. The van der Waals surface area contributed by atoms with E-state index in [1.165, 1.54) is 18.2 Å². The number of rotatable bonds is 10. The summed E-state index contributed by atoms with van der Waals surface area (Å²) in [5.41, 5.74) is -0.0185. The van der Waals surface area contributed by atoms with E-state index in [0.717, 1.165) is 23.2 Å². The summed E-state index contributed by atoms with van der Waals surface area (Å²) >= 11 is 0. The van der Waals surface area contributed by atoms with E-state index in [1.54, 1.807) is 23.3 Å². The molecule has 0 spiro atoms. The Morgan fingerprint density at radius 2 is 1.88 bits per heavy atom. The van der Waals surface area contributed by atoms with Crippen molar-refractivity contribution < 1.29 is 37.4 Å². The fourth-order valence-electron chi connectivity index (χ4n) is 5.82. The smallest absolute Gasteiger partial charge is 0.431 e. The summed E-state index contributed by atoms with van der Waals surface area (Å²) in [6.45, 7) is 6.00. The minimum absolute atomic E-state index is 0.0251. The second-order valence-electron chi connectivity index (χ2n) is 11.8. The number of nitrogens with one attached hydrogen (secondary N) is 1. The minimum atomic E-state index is -4.81. The van der Waals surface area contributed by atoms with Crippen molar-refractivity contribution in [3.63, 3.8) is 0 Å². The zero-order chi connectivity index (χ0) is 37.0. The molecule has 5 heterocycles. The number of anilines is 1. The number of aromatic hydroxyl groups is 1. The molecule has 0 bridgehead atoms. The van der Waals surface area contributed by atoms with E-state index >= 15 is 0 Å². The first kappa shape index (κ1) is 36.7. The van der Waals surface area contributed by atoms with Gasteiger partial charge >= 0.3 is 6.18 Å². The highest BCUT2D eigenvalue weighted by Crippen LogP contribution is 2.28. The molecule has 0 atom stereocenters. The molecule has 16 nitrogen and oxygen atoms in total. The van der Waals surface area contributed by atoms with Gasteiger partial charge in [-0.05, 0) is 44.4 Å². The average Bonchev–Trinajstić information content (AvgIpc) is 3.56. The summed E-state index contributed by atoms with van der Waals surface area (Å²) in [4.78, 5) is 67.9. The van der Waals surface area contributed by atoms with Gasteiger partial charge in [-0.1, -0.05) is 13.0 Å². The molecule has 0 aromatic carbocycles. The summed E-state index contributed by atoms with van der Waals surface area (Å²) in [6.07, 6.45) is 0.724. The zero-order valence-corrected chi connectivity index (χ0v) is 28.4. The standard InChI is InChI=1S/C32H37F3N10O6/c1-5-22-26(42-10-12-43(13-11-42)29(49)25-27(48)20(3)36-17-37-25)30(50)45-31(39-28(40-45)21-8-14-51-15-9-21)44(22)16-24(47)38-19(2)6-7-23(32(33,34)35)41(4)18-46/h6-8,17-18,48H,5,9-16H2,1-4H3,(H,38,47)/b19-6+,23-7-. The predicted molar refractivity (Wildman–Crippen MR) is 176 cm³/mol. The van der Waals surface area contributed by atoms with Crippen molar-refractivity contribution in [2.75, 3.05) is 51.3 Å². The van der Waals surface area contributed by atoms with Crippen molar-refractivity contribution >= 4 is 35.3 Å². The van der Waals surface area contributed by atoms with Crippen LogP contribution in [0.2, 0.25) is 0 Å². The predicted octanol–water partition coefficient (Wildman–Crippen LogP) is 1.58. The molecule has 0 aliphatic carbocycles. The van der Waals surface area contributed by atoms with Crippen LogP contribution in [0.15, 0.2) is 40.7 Å². The van der Waals surface area contributed by atoms with Crippen LogP contribution in [0.3, 0.4) is 0 Å². The fourth-order valence-corrected chi connectivity index (χ4v) is 5.82. The first-order chi connectivity index (χ1) is 24.2. The Bertz CT molecular complexity index is 1990. The molecule has 2 aliphatic heterocycles. The molecule has 1 fully saturated rings. The van der Waals surface area contributed by atoms with E-state index in [1.807, 2.05) is 6.08 Å². The SMILES string of the molecule is CCc1c(N2CCN(C(=O)c3ncnc(C)c3O)CC2)c(=O)n2nc(C3=CCOCC3)nc2n1CC(=O)N/C(C)=C/C=C(\N(C)C=O)C(F)(F)F. The van der Waals surface area contributed by atoms with Gasteiger partial charge in [0.25, 0.3) is 11.5 Å². The summed E-state index contributed by atoms with van der Waals surface area (Å²) in [5, 5.41) is 17.4. The summed E-state index contributed by atoms with van der Waals surface area (Å²) in [5.74, 6) is -1.02. The molecule has 19 heteroatoms. The molecule has 0 saturated carbocycles. The number of carbonyl (C=O) groups is 3. The number of amides is 3. The highest BCUT2D eigenvalue weighted by Gasteiger charge is 2.36. The van der Waals surface area contributed by atoms with Crippen LogP contribution in [0, 0.1) is 6.92 Å². The van der Waals surface area contributed by atoms with Crippen LogP contribution >= 0.6 is 0 Å². The number of aryl methyl sites for hydroxylation is 1. The van der Waals surface area contributed by atoms with Crippen molar-refractivity contribution in [3.05, 3.63) is 69.2 Å². The monoisotopic (exact) mass is 714 g/mol. The molecule has 272 valence electrons. The van der Waals surface area contributed by atoms with E-state index in [0.29, 0.717) is 42.1 Å². The molecular weight excluding hydrogens is 677 g/mol. The Balaban J connectivity index is 1.49. The molecule has 2 aliphatic rings. The number of allylic oxidation sites excluding steroid dienone is 4. The number of fused-ring (bicyclic) bond motifs is 1. The Morgan fingerprint density at radius 1 is 1.16 bits per heavy atom. The quantitative estimate of drug-likeness (QED) is 0.230. The summed E-state index contributed by atoms with van der Waals surface area (Å²) in [7, 11) is 0.963. The molecule has 3 aromatic heterocycles. The third-order valence-corrected chi connectivity index (χ3v) is 8.46. The van der Waals surface area contributed by atoms with Crippen LogP contribution in [-0.2, 0) is 27.3 Å². The number of alkyl halides is 3. The van der Waals surface area contributed by atoms with Crippen molar-refractivity contribution in [2.24, 2.45) is 0 Å². The van der Waals surface area contributed by atoms with Gasteiger partial charge in [-0.15, -0.1) is 5.10 Å². The molecule has 0 radical (unpaired) electrons. The van der Waals surface area contributed by atoms with E-state index in [-0.39, 0.29) is 79.9 Å². The number of hydrogen-bond acceptors (Lipinski definition) is 11. The first-order valence-corrected chi connectivity index (χ1v) is 16.0. The van der Waals surface area contributed by atoms with Crippen LogP contribution < -0.4 is 15.8 Å². The Labute approximate surface area is 289 Å². The third kappa shape index (κ3) is 7.77. The average molecular weight is 715 g/mol. The molecule has 3 amide bonds. The van der Waals surface area contributed by atoms with Gasteiger partial charge in [-0.3, -0.25) is 19.2 Å². The van der Waals surface area contributed by atoms with Gasteiger partial charge < -0.3 is 34.4 Å². The normalized spacial score (nSPS) is 15.9. The lowest BCUT2D eigenvalue weighted by Crippen LogP contribution is -2.51. The Kier molecular flexibility index (Phi) is 10.9. The van der Waals surface area contributed by atoms with Crippen LogP contribution in [-0.4, -0.2) is 115 Å². The van der Waals surface area contributed by atoms with Crippen molar-refractivity contribution in [3.8, 4) is 5.75 Å². The van der Waals surface area contributed by atoms with Crippen molar-refractivity contribution in [1.29, 1.82) is 0 Å². The maximum absolute atomic E-state index is 14.1. The van der Waals surface area contributed by atoms with Crippen molar-refractivity contribution in [1.82, 2.24) is 44.2 Å². The van der Waals surface area contributed by atoms with Crippen LogP contribution in [0.25, 0.3) is 11.4 Å². The number of piperazine rings is 1. The lowest BCUT2D eigenvalue weighted by molar-refractivity contribution is -0.129. The van der Waals surface area contributed by atoms with Gasteiger partial charge in [0, 0.05) is 38.9 Å². The Morgan fingerprint density at radius 3 is 2.51 bits per heavy atom. The van der Waals surface area contributed by atoms with Gasteiger partial charge in [-0.25, -0.2) is 9.97 Å². The molecular formula is C32H37F3N10O6. The molecule has 3 aromatic rings. The number of halogens is 3. The number of carbonyl (C=O) groups excluding carboxylic acids is 3. The van der Waals surface area contributed by atoms with Crippen molar-refractivity contribution in [2.45, 2.75) is 46.3 Å². The van der Waals surface area contributed by atoms with E-state index in [4.69, 9.17) is 4.74 Å². The fraction of sp³-hybridized carbons (Fsp3) is 0.438. The first-order valence-electron chi connectivity index (χ1n) is 16.0. The second kappa shape index (κ2) is 15.1. The summed E-state index contributed by atoms with van der Waals surface area (Å²) < 4.78 is 48.4. The van der Waals surface area contributed by atoms with Crippen LogP contribution in [0.5, 0.6) is 5.75 Å². The highest BCUT2D eigenvalue weighted by molar-refractivity contribution is 5.95. The number of ether oxygens (including phenoxy) is 1. The van der Waals surface area contributed by atoms with E-state index in [2.05, 4.69) is 25.4 Å². The lowest BCUT2D eigenvalue weighted by Gasteiger charge is -2.36. The van der Waals surface area contributed by atoms with Crippen LogP contribution in [0.1, 0.15) is 48.0 Å². The highest BCUT2D eigenvalue weighted by atomic mass is 19.4. The van der Waals surface area contributed by atoms with Gasteiger partial charge in [0.1, 0.15) is 24.3 Å². The maximum atomic E-state index is 14.1. The van der Waals surface area contributed by atoms with Gasteiger partial charge in [0.15, 0.2) is 17.3 Å². The number of nitrogens with zero attached hydrogens (tertiary/aromatic N) is 9. The largest absolute Gasteiger partial charge is 0.504 e. The van der Waals surface area contributed by atoms with Gasteiger partial charge in [-0.2, -0.15) is 22.7 Å². The van der Waals surface area contributed by atoms with Gasteiger partial charge in [0.05, 0.1) is 24.6 Å². The number of hydrogen-bond donors (Lipinski definition) is 2. The van der Waals surface area contributed by atoms with E-state index in [9.17, 15) is 37.5 Å². The molecule has 1 saturated heterocycles. The molecule has 5 rings (SSSR count). The third-order valence-electron chi connectivity index (χ3n) is 8.46. The minimum Gasteiger partial charge on any atom is -0.504 e. The van der Waals surface area contributed by atoms with Gasteiger partial charge in [0.2, 0.25) is 18.1 Å². The summed E-state index contributed by atoms with van der Waals surface area (Å²) in [6, 6.07) is 0.